The highest BCUT2D eigenvalue weighted by molar-refractivity contribution is 7.22. The molecule has 2 bridgehead atoms. The highest BCUT2D eigenvalue weighted by atomic mass is 32.1. The van der Waals surface area contributed by atoms with Crippen molar-refractivity contribution in [3.8, 4) is 0 Å². The predicted molar refractivity (Wildman–Crippen MR) is 129 cm³/mol. The van der Waals surface area contributed by atoms with E-state index in [4.69, 9.17) is 9.26 Å². The fourth-order valence-electron chi connectivity index (χ4n) is 6.28. The predicted octanol–water partition coefficient (Wildman–Crippen LogP) is 6.38. The summed E-state index contributed by atoms with van der Waals surface area (Å²) >= 11 is 1.29. The second-order valence-corrected chi connectivity index (χ2v) is 12.0. The third-order valence-corrected chi connectivity index (χ3v) is 9.43. The number of halogens is 4. The minimum atomic E-state index is -4.23. The lowest BCUT2D eigenvalue weighted by Gasteiger charge is -2.38. The molecule has 0 amide bonds. The van der Waals surface area contributed by atoms with Gasteiger partial charge in [0.1, 0.15) is 11.3 Å². The Morgan fingerprint density at radius 3 is 2.53 bits per heavy atom. The van der Waals surface area contributed by atoms with E-state index in [-0.39, 0.29) is 48.2 Å². The number of carboxylic acids is 1. The number of rotatable bonds is 7. The highest BCUT2D eigenvalue weighted by Crippen LogP contribution is 2.57. The molecule has 7 nitrogen and oxygen atoms in total. The summed E-state index contributed by atoms with van der Waals surface area (Å²) in [6.07, 6.45) is 0.976. The lowest BCUT2D eigenvalue weighted by atomic mass is 10.00. The number of nitrogens with zero attached hydrogens (tertiary/aromatic N) is 3. The van der Waals surface area contributed by atoms with Crippen LogP contribution in [0.1, 0.15) is 84.2 Å². The molecule has 2 aromatic heterocycles. The molecule has 2 aliphatic carbocycles. The Kier molecular flexibility index (Phi) is 5.53. The summed E-state index contributed by atoms with van der Waals surface area (Å²) in [5, 5.41) is 14.0. The van der Waals surface area contributed by atoms with E-state index in [1.165, 1.54) is 17.4 Å². The number of carbonyl (C=O) groups is 1. The van der Waals surface area contributed by atoms with Gasteiger partial charge in [0.05, 0.1) is 34.6 Å². The first-order valence-electron chi connectivity index (χ1n) is 13.0. The highest BCUT2D eigenvalue weighted by Gasteiger charge is 2.58. The fourth-order valence-corrected chi connectivity index (χ4v) is 7.45. The molecule has 0 radical (unpaired) electrons. The van der Waals surface area contributed by atoms with Crippen molar-refractivity contribution < 1.29 is 36.7 Å². The molecule has 4 atom stereocenters. The Morgan fingerprint density at radius 2 is 1.89 bits per heavy atom. The van der Waals surface area contributed by atoms with E-state index < -0.39 is 29.8 Å². The van der Waals surface area contributed by atoms with E-state index in [9.17, 15) is 27.5 Å². The van der Waals surface area contributed by atoms with Gasteiger partial charge in [-0.15, -0.1) is 0 Å². The smallest absolute Gasteiger partial charge is 0.392 e. The normalized spacial score (nSPS) is 28.8. The quantitative estimate of drug-likeness (QED) is 0.341. The van der Waals surface area contributed by atoms with E-state index in [0.29, 0.717) is 26.8 Å². The van der Waals surface area contributed by atoms with Crippen LogP contribution in [0.5, 0.6) is 0 Å². The lowest BCUT2D eigenvalue weighted by molar-refractivity contribution is -0.148. The van der Waals surface area contributed by atoms with Crippen LogP contribution in [-0.2, 0) is 11.3 Å². The summed E-state index contributed by atoms with van der Waals surface area (Å²) in [6, 6.07) is 2.74. The maximum atomic E-state index is 14.5. The van der Waals surface area contributed by atoms with Crippen LogP contribution in [-0.4, -0.2) is 45.6 Å². The number of fused-ring (bicyclic) bond motifs is 3. The molecule has 2 saturated heterocycles. The molecule has 4 aliphatic rings. The molecule has 1 N–H and O–H groups in total. The van der Waals surface area contributed by atoms with E-state index in [0.717, 1.165) is 44.6 Å². The molecule has 202 valence electrons. The lowest BCUT2D eigenvalue weighted by Crippen LogP contribution is -2.45. The number of piperidine rings is 1. The van der Waals surface area contributed by atoms with Crippen molar-refractivity contribution in [1.82, 2.24) is 10.1 Å². The molecule has 3 aromatic rings. The number of aromatic nitrogens is 2. The monoisotopic (exact) mass is 551 g/mol. The molecule has 2 aliphatic heterocycles. The van der Waals surface area contributed by atoms with Crippen LogP contribution in [0, 0.1) is 11.7 Å². The average Bonchev–Trinajstić information content (AvgIpc) is 3.76. The molecule has 4 heterocycles. The zero-order valence-corrected chi connectivity index (χ0v) is 21.0. The Balaban J connectivity index is 1.07. The van der Waals surface area contributed by atoms with Crippen LogP contribution < -0.4 is 4.90 Å². The summed E-state index contributed by atoms with van der Waals surface area (Å²) in [4.78, 5) is 18.0. The van der Waals surface area contributed by atoms with Crippen LogP contribution in [0.4, 0.5) is 22.7 Å². The summed E-state index contributed by atoms with van der Waals surface area (Å²) in [5.74, 6) is -2.93. The molecule has 0 spiro atoms. The van der Waals surface area contributed by atoms with E-state index in [2.05, 4.69) is 15.0 Å². The van der Waals surface area contributed by atoms with Crippen LogP contribution in [0.3, 0.4) is 0 Å². The first kappa shape index (κ1) is 24.3. The number of alkyl halides is 3. The number of ether oxygens (including phenoxy) is 1. The number of anilines is 1. The zero-order chi connectivity index (χ0) is 26.3. The van der Waals surface area contributed by atoms with Crippen molar-refractivity contribution >= 4 is 32.7 Å². The van der Waals surface area contributed by atoms with Gasteiger partial charge in [-0.2, -0.15) is 13.2 Å². The molecular weight excluding hydrogens is 526 g/mol. The van der Waals surface area contributed by atoms with Gasteiger partial charge in [0.15, 0.2) is 10.9 Å². The SMILES string of the molecule is O=C(O)c1cc(F)c2nc(N3C4CCC3CC(OCc3c(C5CC5C(F)(F)F)noc3C3CC3)C4)sc2c1. The number of carboxylic acid groups (broad SMARTS) is 1. The Labute approximate surface area is 218 Å². The second kappa shape index (κ2) is 8.64. The van der Waals surface area contributed by atoms with Gasteiger partial charge in [0.2, 0.25) is 0 Å². The number of benzene rings is 1. The molecular formula is C26H25F4N3O4S. The third-order valence-electron chi connectivity index (χ3n) is 8.42. The number of aromatic carboxylic acids is 1. The Bertz CT molecular complexity index is 1400. The fraction of sp³-hybridized carbons (Fsp3) is 0.577. The van der Waals surface area contributed by atoms with Crippen LogP contribution in [0.2, 0.25) is 0 Å². The van der Waals surface area contributed by atoms with E-state index in [1.54, 1.807) is 0 Å². The van der Waals surface area contributed by atoms with Gasteiger partial charge in [-0.3, -0.25) is 0 Å². The van der Waals surface area contributed by atoms with Crippen LogP contribution >= 0.6 is 11.3 Å². The summed E-state index contributed by atoms with van der Waals surface area (Å²) in [7, 11) is 0. The number of hydrogen-bond acceptors (Lipinski definition) is 7. The van der Waals surface area contributed by atoms with E-state index >= 15 is 0 Å². The summed E-state index contributed by atoms with van der Waals surface area (Å²) < 4.78 is 66.6. The van der Waals surface area contributed by atoms with Crippen molar-refractivity contribution in [3.05, 3.63) is 40.5 Å². The standard InChI is InChI=1S/C26H25F4N3O4S/c27-19-5-12(24(34)35)6-20-22(19)31-25(38-20)33-13-3-4-14(33)8-15(7-13)36-10-17-21(16-9-18(16)26(28,29)30)32-37-23(17)11-1-2-11/h5-6,11,13-16,18H,1-4,7-10H2,(H,34,35). The minimum Gasteiger partial charge on any atom is -0.478 e. The number of thiazole rings is 1. The maximum absolute atomic E-state index is 14.5. The molecule has 38 heavy (non-hydrogen) atoms. The van der Waals surface area contributed by atoms with Gasteiger partial charge in [0, 0.05) is 29.5 Å². The van der Waals surface area contributed by atoms with Gasteiger partial charge < -0.3 is 19.3 Å². The van der Waals surface area contributed by atoms with Crippen molar-refractivity contribution in [2.24, 2.45) is 5.92 Å². The first-order chi connectivity index (χ1) is 18.2. The van der Waals surface area contributed by atoms with Crippen molar-refractivity contribution in [2.75, 3.05) is 4.90 Å². The molecule has 2 saturated carbocycles. The topological polar surface area (TPSA) is 88.7 Å². The minimum absolute atomic E-state index is 0.0480. The van der Waals surface area contributed by atoms with Gasteiger partial charge in [0.25, 0.3) is 0 Å². The van der Waals surface area contributed by atoms with E-state index in [1.807, 2.05) is 0 Å². The Hall–Kier alpha value is -2.73. The van der Waals surface area contributed by atoms with Gasteiger partial charge in [-0.05, 0) is 57.1 Å². The second-order valence-electron chi connectivity index (χ2n) is 11.0. The van der Waals surface area contributed by atoms with Crippen molar-refractivity contribution in [3.63, 3.8) is 0 Å². The third kappa shape index (κ3) is 4.16. The van der Waals surface area contributed by atoms with Crippen molar-refractivity contribution in [2.45, 2.75) is 87.8 Å². The number of hydrogen-bond donors (Lipinski definition) is 1. The van der Waals surface area contributed by atoms with Gasteiger partial charge in [-0.25, -0.2) is 14.2 Å². The largest absolute Gasteiger partial charge is 0.478 e. The maximum Gasteiger partial charge on any atom is 0.392 e. The average molecular weight is 552 g/mol. The molecule has 4 unspecified atom stereocenters. The van der Waals surface area contributed by atoms with Gasteiger partial charge >= 0.3 is 12.1 Å². The van der Waals surface area contributed by atoms with Crippen LogP contribution in [0.25, 0.3) is 10.2 Å². The first-order valence-corrected chi connectivity index (χ1v) is 13.8. The van der Waals surface area contributed by atoms with Gasteiger partial charge in [-0.1, -0.05) is 16.5 Å². The zero-order valence-electron chi connectivity index (χ0n) is 20.2. The van der Waals surface area contributed by atoms with Crippen LogP contribution in [0.15, 0.2) is 16.7 Å². The Morgan fingerprint density at radius 1 is 1.16 bits per heavy atom. The molecule has 7 rings (SSSR count). The van der Waals surface area contributed by atoms with Crippen molar-refractivity contribution in [1.29, 1.82) is 0 Å². The molecule has 1 aromatic carbocycles. The molecule has 4 fully saturated rings. The summed E-state index contributed by atoms with van der Waals surface area (Å²) in [6.45, 7) is 0.195. The summed E-state index contributed by atoms with van der Waals surface area (Å²) in [5.41, 5.74) is 1.19. The molecule has 12 heteroatoms.